The van der Waals surface area contributed by atoms with Crippen LogP contribution in [-0.4, -0.2) is 41.6 Å². The molecule has 0 saturated heterocycles. The third kappa shape index (κ3) is 4.41. The number of aromatic nitrogens is 3. The second kappa shape index (κ2) is 7.99. The molecule has 0 atom stereocenters. The zero-order valence-corrected chi connectivity index (χ0v) is 16.4. The lowest BCUT2D eigenvalue weighted by molar-refractivity contribution is 0.520. The Bertz CT molecular complexity index is 996. The molecule has 0 unspecified atom stereocenters. The van der Waals surface area contributed by atoms with Crippen LogP contribution in [0.1, 0.15) is 11.1 Å². The van der Waals surface area contributed by atoms with E-state index in [1.807, 2.05) is 37.5 Å². The lowest BCUT2D eigenvalue weighted by atomic mass is 10.1. The van der Waals surface area contributed by atoms with E-state index in [9.17, 15) is 8.42 Å². The van der Waals surface area contributed by atoms with Crippen molar-refractivity contribution >= 4 is 10.0 Å². The topological polar surface area (TPSA) is 80.1 Å². The van der Waals surface area contributed by atoms with Crippen LogP contribution in [0.15, 0.2) is 59.9 Å². The normalized spacial score (nSPS) is 11.9. The van der Waals surface area contributed by atoms with Gasteiger partial charge in [0.1, 0.15) is 0 Å². The summed E-state index contributed by atoms with van der Waals surface area (Å²) < 4.78 is 27.2. The van der Waals surface area contributed by atoms with Crippen LogP contribution in [0.5, 0.6) is 0 Å². The van der Waals surface area contributed by atoms with E-state index >= 15 is 0 Å². The lowest BCUT2D eigenvalue weighted by Gasteiger charge is -2.12. The van der Waals surface area contributed by atoms with Gasteiger partial charge in [0.15, 0.2) is 0 Å². The van der Waals surface area contributed by atoms with Gasteiger partial charge in [0.25, 0.3) is 0 Å². The molecule has 7 nitrogen and oxygen atoms in total. The molecule has 0 aliphatic rings. The first-order valence-corrected chi connectivity index (χ1v) is 9.97. The van der Waals surface area contributed by atoms with Crippen LogP contribution in [0, 0.1) is 0 Å². The molecule has 2 aromatic heterocycles. The molecule has 142 valence electrons. The zero-order chi connectivity index (χ0) is 19.4. The number of benzene rings is 1. The monoisotopic (exact) mass is 385 g/mol. The summed E-state index contributed by atoms with van der Waals surface area (Å²) in [5.41, 5.74) is 4.07. The fourth-order valence-electron chi connectivity index (χ4n) is 2.75. The summed E-state index contributed by atoms with van der Waals surface area (Å²) in [6.07, 6.45) is 5.50. The third-order valence-electron chi connectivity index (χ3n) is 4.20. The van der Waals surface area contributed by atoms with Gasteiger partial charge in [-0.3, -0.25) is 9.67 Å². The van der Waals surface area contributed by atoms with E-state index in [0.717, 1.165) is 22.4 Å². The van der Waals surface area contributed by atoms with Gasteiger partial charge >= 0.3 is 0 Å². The summed E-state index contributed by atoms with van der Waals surface area (Å²) in [6, 6.07) is 10.8. The molecule has 3 rings (SSSR count). The molecular formula is C19H23N5O2S. The van der Waals surface area contributed by atoms with Crippen molar-refractivity contribution in [3.63, 3.8) is 0 Å². The van der Waals surface area contributed by atoms with E-state index in [2.05, 4.69) is 15.4 Å². The van der Waals surface area contributed by atoms with Crippen molar-refractivity contribution in [2.45, 2.75) is 18.0 Å². The number of rotatable bonds is 7. The maximum Gasteiger partial charge on any atom is 0.242 e. The maximum atomic E-state index is 12.1. The first-order chi connectivity index (χ1) is 12.9. The van der Waals surface area contributed by atoms with Crippen molar-refractivity contribution in [3.8, 4) is 11.3 Å². The van der Waals surface area contributed by atoms with E-state index in [4.69, 9.17) is 0 Å². The zero-order valence-electron chi connectivity index (χ0n) is 15.6. The fraction of sp³-hybridized carbons (Fsp3) is 0.263. The van der Waals surface area contributed by atoms with Crippen molar-refractivity contribution in [2.75, 3.05) is 14.1 Å². The molecule has 0 saturated carbocycles. The minimum atomic E-state index is -3.39. The van der Waals surface area contributed by atoms with Gasteiger partial charge in [0, 0.05) is 63.9 Å². The highest BCUT2D eigenvalue weighted by atomic mass is 32.2. The molecule has 0 aliphatic carbocycles. The molecule has 0 bridgehead atoms. The number of sulfonamides is 1. The Kier molecular flexibility index (Phi) is 5.69. The molecule has 3 aromatic rings. The minimum absolute atomic E-state index is 0.295. The Labute approximate surface area is 159 Å². The Morgan fingerprint density at radius 3 is 2.33 bits per heavy atom. The highest BCUT2D eigenvalue weighted by molar-refractivity contribution is 7.89. The van der Waals surface area contributed by atoms with Crippen LogP contribution in [-0.2, 0) is 30.2 Å². The number of hydrogen-bond acceptors (Lipinski definition) is 5. The van der Waals surface area contributed by atoms with Crippen LogP contribution < -0.4 is 5.32 Å². The lowest BCUT2D eigenvalue weighted by Crippen LogP contribution is -2.22. The minimum Gasteiger partial charge on any atom is -0.308 e. The second-order valence-corrected chi connectivity index (χ2v) is 8.60. The first kappa shape index (κ1) is 19.2. The summed E-state index contributed by atoms with van der Waals surface area (Å²) in [6.45, 7) is 1.29. The summed E-state index contributed by atoms with van der Waals surface area (Å²) in [5, 5.41) is 7.93. The molecule has 1 aromatic carbocycles. The van der Waals surface area contributed by atoms with Crippen LogP contribution in [0.2, 0.25) is 0 Å². The number of aryl methyl sites for hydroxylation is 1. The van der Waals surface area contributed by atoms with Gasteiger partial charge in [-0.05, 0) is 29.8 Å². The van der Waals surface area contributed by atoms with Gasteiger partial charge in [-0.2, -0.15) is 5.10 Å². The Morgan fingerprint density at radius 2 is 1.70 bits per heavy atom. The molecule has 0 fully saturated rings. The van der Waals surface area contributed by atoms with Crippen molar-refractivity contribution in [1.82, 2.24) is 24.4 Å². The highest BCUT2D eigenvalue weighted by Crippen LogP contribution is 2.21. The average molecular weight is 385 g/mol. The standard InChI is InChI=1S/C19H23N5O2S/c1-23(2)27(25,26)18-6-4-15(5-7-18)12-21-13-17-14-24(3)22-19(17)16-8-10-20-11-9-16/h4-11,14,21H,12-13H2,1-3H3. The van der Waals surface area contributed by atoms with Crippen LogP contribution in [0.25, 0.3) is 11.3 Å². The van der Waals surface area contributed by atoms with E-state index in [1.165, 1.54) is 18.4 Å². The summed E-state index contributed by atoms with van der Waals surface area (Å²) in [7, 11) is 1.56. The molecule has 0 spiro atoms. The predicted octanol–water partition coefficient (Wildman–Crippen LogP) is 2.02. The van der Waals surface area contributed by atoms with Gasteiger partial charge in [-0.25, -0.2) is 12.7 Å². The molecule has 1 N–H and O–H groups in total. The first-order valence-electron chi connectivity index (χ1n) is 8.53. The number of nitrogens with one attached hydrogen (secondary N) is 1. The SMILES string of the molecule is CN(C)S(=O)(=O)c1ccc(CNCc2cn(C)nc2-c2ccncc2)cc1. The Hall–Kier alpha value is -2.55. The summed E-state index contributed by atoms with van der Waals surface area (Å²) in [5.74, 6) is 0. The second-order valence-electron chi connectivity index (χ2n) is 6.45. The van der Waals surface area contributed by atoms with Crippen molar-refractivity contribution in [2.24, 2.45) is 7.05 Å². The molecule has 0 amide bonds. The number of nitrogens with zero attached hydrogens (tertiary/aromatic N) is 4. The third-order valence-corrected chi connectivity index (χ3v) is 6.03. The van der Waals surface area contributed by atoms with Crippen LogP contribution >= 0.6 is 0 Å². The van der Waals surface area contributed by atoms with Crippen molar-refractivity contribution < 1.29 is 8.42 Å². The Balaban J connectivity index is 1.66. The van der Waals surface area contributed by atoms with Gasteiger partial charge in [0.05, 0.1) is 10.6 Å². The molecule has 0 aliphatic heterocycles. The molecule has 2 heterocycles. The van der Waals surface area contributed by atoms with Crippen molar-refractivity contribution in [1.29, 1.82) is 0 Å². The molecule has 8 heteroatoms. The van der Waals surface area contributed by atoms with E-state index in [0.29, 0.717) is 18.0 Å². The van der Waals surface area contributed by atoms with E-state index in [-0.39, 0.29) is 0 Å². The average Bonchev–Trinajstić information content (AvgIpc) is 3.03. The van der Waals surface area contributed by atoms with Crippen molar-refractivity contribution in [3.05, 3.63) is 66.1 Å². The maximum absolute atomic E-state index is 12.1. The quantitative estimate of drug-likeness (QED) is 0.673. The summed E-state index contributed by atoms with van der Waals surface area (Å²) in [4.78, 5) is 4.34. The number of pyridine rings is 1. The van der Waals surface area contributed by atoms with Gasteiger partial charge in [-0.1, -0.05) is 12.1 Å². The Morgan fingerprint density at radius 1 is 1.04 bits per heavy atom. The van der Waals surface area contributed by atoms with Crippen LogP contribution in [0.4, 0.5) is 0 Å². The molecule has 0 radical (unpaired) electrons. The van der Waals surface area contributed by atoms with E-state index < -0.39 is 10.0 Å². The van der Waals surface area contributed by atoms with Gasteiger partial charge in [0.2, 0.25) is 10.0 Å². The number of hydrogen-bond donors (Lipinski definition) is 1. The van der Waals surface area contributed by atoms with Crippen LogP contribution in [0.3, 0.4) is 0 Å². The van der Waals surface area contributed by atoms with Gasteiger partial charge < -0.3 is 5.32 Å². The highest BCUT2D eigenvalue weighted by Gasteiger charge is 2.16. The smallest absolute Gasteiger partial charge is 0.242 e. The largest absolute Gasteiger partial charge is 0.308 e. The fourth-order valence-corrected chi connectivity index (χ4v) is 3.65. The molecule has 27 heavy (non-hydrogen) atoms. The predicted molar refractivity (Wildman–Crippen MR) is 104 cm³/mol. The van der Waals surface area contributed by atoms with Gasteiger partial charge in [-0.15, -0.1) is 0 Å². The molecular weight excluding hydrogens is 362 g/mol. The summed E-state index contributed by atoms with van der Waals surface area (Å²) >= 11 is 0. The van der Waals surface area contributed by atoms with E-state index in [1.54, 1.807) is 29.2 Å².